The van der Waals surface area contributed by atoms with Crippen LogP contribution in [0.5, 0.6) is 5.75 Å². The molecule has 15 heavy (non-hydrogen) atoms. The standard InChI is InChI=1S/C11H12O4/c1-6-4-5-8(7(2)12)10(13)9(6)11(14)15-3/h4-5,13H,1-3H3. The summed E-state index contributed by atoms with van der Waals surface area (Å²) in [4.78, 5) is 22.5. The van der Waals surface area contributed by atoms with E-state index in [1.165, 1.54) is 20.1 Å². The van der Waals surface area contributed by atoms with Crippen LogP contribution < -0.4 is 0 Å². The van der Waals surface area contributed by atoms with Crippen molar-refractivity contribution in [3.05, 3.63) is 28.8 Å². The molecule has 80 valence electrons. The summed E-state index contributed by atoms with van der Waals surface area (Å²) >= 11 is 0. The monoisotopic (exact) mass is 208 g/mol. The number of Topliss-reactive ketones (excluding diaryl/α,β-unsaturated/α-hetero) is 1. The predicted octanol–water partition coefficient (Wildman–Crippen LogP) is 1.69. The number of ether oxygens (including phenoxy) is 1. The first-order valence-electron chi connectivity index (χ1n) is 4.40. The van der Waals surface area contributed by atoms with E-state index in [1.54, 1.807) is 13.0 Å². The fourth-order valence-electron chi connectivity index (χ4n) is 1.34. The van der Waals surface area contributed by atoms with Crippen molar-refractivity contribution in [1.29, 1.82) is 0 Å². The Morgan fingerprint density at radius 2 is 1.93 bits per heavy atom. The van der Waals surface area contributed by atoms with E-state index in [0.717, 1.165) is 0 Å². The molecule has 0 radical (unpaired) electrons. The van der Waals surface area contributed by atoms with Crippen molar-refractivity contribution < 1.29 is 19.4 Å². The number of esters is 1. The molecule has 1 aromatic rings. The van der Waals surface area contributed by atoms with E-state index in [2.05, 4.69) is 4.74 Å². The van der Waals surface area contributed by atoms with E-state index in [0.29, 0.717) is 5.56 Å². The summed E-state index contributed by atoms with van der Waals surface area (Å²) in [5, 5.41) is 9.72. The van der Waals surface area contributed by atoms with E-state index in [4.69, 9.17) is 0 Å². The third-order valence-electron chi connectivity index (χ3n) is 2.16. The molecule has 0 aliphatic rings. The average Bonchev–Trinajstić information content (AvgIpc) is 2.16. The quantitative estimate of drug-likeness (QED) is 0.593. The van der Waals surface area contributed by atoms with E-state index >= 15 is 0 Å². The number of aromatic hydroxyl groups is 1. The van der Waals surface area contributed by atoms with Gasteiger partial charge in [0.05, 0.1) is 12.7 Å². The molecule has 0 bridgehead atoms. The second-order valence-corrected chi connectivity index (χ2v) is 3.20. The van der Waals surface area contributed by atoms with Crippen LogP contribution in [-0.2, 0) is 4.74 Å². The number of phenolic OH excluding ortho intramolecular Hbond substituents is 1. The van der Waals surface area contributed by atoms with Crippen LogP contribution in [-0.4, -0.2) is 24.0 Å². The van der Waals surface area contributed by atoms with Gasteiger partial charge in [-0.05, 0) is 25.5 Å². The molecule has 0 saturated carbocycles. The highest BCUT2D eigenvalue weighted by Gasteiger charge is 2.19. The van der Waals surface area contributed by atoms with Crippen LogP contribution in [0.1, 0.15) is 33.2 Å². The van der Waals surface area contributed by atoms with Crippen molar-refractivity contribution in [1.82, 2.24) is 0 Å². The molecule has 1 rings (SSSR count). The number of phenols is 1. The van der Waals surface area contributed by atoms with Gasteiger partial charge >= 0.3 is 5.97 Å². The predicted molar refractivity (Wildman–Crippen MR) is 54.2 cm³/mol. The van der Waals surface area contributed by atoms with Crippen LogP contribution in [0.25, 0.3) is 0 Å². The Balaban J connectivity index is 3.43. The number of hydrogen-bond acceptors (Lipinski definition) is 4. The molecule has 0 saturated heterocycles. The minimum atomic E-state index is -0.645. The van der Waals surface area contributed by atoms with Gasteiger partial charge in [-0.1, -0.05) is 6.07 Å². The van der Waals surface area contributed by atoms with Crippen molar-refractivity contribution in [3.8, 4) is 5.75 Å². The van der Waals surface area contributed by atoms with Gasteiger partial charge < -0.3 is 9.84 Å². The number of carbonyl (C=O) groups is 2. The first-order valence-corrected chi connectivity index (χ1v) is 4.40. The van der Waals surface area contributed by atoms with Gasteiger partial charge in [-0.15, -0.1) is 0 Å². The highest BCUT2D eigenvalue weighted by atomic mass is 16.5. The molecule has 0 unspecified atom stereocenters. The molecule has 4 nitrogen and oxygen atoms in total. The maximum atomic E-state index is 11.3. The molecule has 0 heterocycles. The fourth-order valence-corrected chi connectivity index (χ4v) is 1.34. The van der Waals surface area contributed by atoms with Crippen molar-refractivity contribution in [2.75, 3.05) is 7.11 Å². The lowest BCUT2D eigenvalue weighted by atomic mass is 10.0. The maximum Gasteiger partial charge on any atom is 0.341 e. The molecular weight excluding hydrogens is 196 g/mol. The summed E-state index contributed by atoms with van der Waals surface area (Å²) in [5.41, 5.74) is 0.746. The van der Waals surface area contributed by atoms with E-state index in [1.807, 2.05) is 0 Å². The first-order chi connectivity index (χ1) is 6.99. The topological polar surface area (TPSA) is 63.6 Å². The van der Waals surface area contributed by atoms with Gasteiger partial charge in [0.1, 0.15) is 11.3 Å². The molecule has 0 atom stereocenters. The Morgan fingerprint density at radius 1 is 1.33 bits per heavy atom. The molecule has 4 heteroatoms. The van der Waals surface area contributed by atoms with Gasteiger partial charge in [0.2, 0.25) is 0 Å². The fraction of sp³-hybridized carbons (Fsp3) is 0.273. The summed E-state index contributed by atoms with van der Waals surface area (Å²) in [6.45, 7) is 2.99. The van der Waals surface area contributed by atoms with Crippen LogP contribution in [0.2, 0.25) is 0 Å². The minimum absolute atomic E-state index is 0.0465. The largest absolute Gasteiger partial charge is 0.506 e. The third kappa shape index (κ3) is 1.98. The van der Waals surface area contributed by atoms with Crippen LogP contribution in [0, 0.1) is 6.92 Å². The molecule has 0 aromatic heterocycles. The van der Waals surface area contributed by atoms with Gasteiger partial charge in [0.25, 0.3) is 0 Å². The van der Waals surface area contributed by atoms with E-state index in [9.17, 15) is 14.7 Å². The Kier molecular flexibility index (Phi) is 3.09. The smallest absolute Gasteiger partial charge is 0.341 e. The lowest BCUT2D eigenvalue weighted by Gasteiger charge is -2.08. The molecule has 0 aliphatic carbocycles. The number of rotatable bonds is 2. The summed E-state index contributed by atoms with van der Waals surface area (Å²) < 4.78 is 4.52. The van der Waals surface area contributed by atoms with Crippen molar-refractivity contribution >= 4 is 11.8 Å². The van der Waals surface area contributed by atoms with Crippen LogP contribution in [0.3, 0.4) is 0 Å². The zero-order chi connectivity index (χ0) is 11.6. The Labute approximate surface area is 87.5 Å². The second kappa shape index (κ2) is 4.13. The highest BCUT2D eigenvalue weighted by Crippen LogP contribution is 2.26. The van der Waals surface area contributed by atoms with Gasteiger partial charge in [0, 0.05) is 0 Å². The molecule has 1 aromatic carbocycles. The summed E-state index contributed by atoms with van der Waals surface area (Å²) in [7, 11) is 1.22. The zero-order valence-electron chi connectivity index (χ0n) is 8.83. The van der Waals surface area contributed by atoms with Crippen molar-refractivity contribution in [3.63, 3.8) is 0 Å². The molecule has 0 fully saturated rings. The van der Waals surface area contributed by atoms with Crippen molar-refractivity contribution in [2.45, 2.75) is 13.8 Å². The van der Waals surface area contributed by atoms with Gasteiger partial charge in [-0.2, -0.15) is 0 Å². The lowest BCUT2D eigenvalue weighted by Crippen LogP contribution is -2.07. The molecule has 0 amide bonds. The number of ketones is 1. The number of aryl methyl sites for hydroxylation is 1. The highest BCUT2D eigenvalue weighted by molar-refractivity contribution is 6.02. The maximum absolute atomic E-state index is 11.3. The second-order valence-electron chi connectivity index (χ2n) is 3.20. The van der Waals surface area contributed by atoms with E-state index < -0.39 is 5.97 Å². The normalized spacial score (nSPS) is 9.80. The summed E-state index contributed by atoms with van der Waals surface area (Å²) in [6.07, 6.45) is 0. The van der Waals surface area contributed by atoms with Gasteiger partial charge in [-0.25, -0.2) is 4.79 Å². The van der Waals surface area contributed by atoms with Crippen LogP contribution >= 0.6 is 0 Å². The molecule has 0 aliphatic heterocycles. The van der Waals surface area contributed by atoms with Crippen LogP contribution in [0.15, 0.2) is 12.1 Å². The average molecular weight is 208 g/mol. The first kappa shape index (κ1) is 11.2. The lowest BCUT2D eigenvalue weighted by molar-refractivity contribution is 0.0596. The van der Waals surface area contributed by atoms with Crippen LogP contribution in [0.4, 0.5) is 0 Å². The summed E-state index contributed by atoms with van der Waals surface area (Å²) in [6, 6.07) is 3.09. The SMILES string of the molecule is COC(=O)c1c(C)ccc(C(C)=O)c1O. The Hall–Kier alpha value is -1.84. The summed E-state index contributed by atoms with van der Waals surface area (Å²) in [5.74, 6) is -1.25. The number of methoxy groups -OCH3 is 1. The molecular formula is C11H12O4. The van der Waals surface area contributed by atoms with Gasteiger partial charge in [0.15, 0.2) is 5.78 Å². The molecule has 0 spiro atoms. The van der Waals surface area contributed by atoms with Gasteiger partial charge in [-0.3, -0.25) is 4.79 Å². The third-order valence-corrected chi connectivity index (χ3v) is 2.16. The Bertz CT molecular complexity index is 421. The number of benzene rings is 1. The number of carbonyl (C=O) groups excluding carboxylic acids is 2. The van der Waals surface area contributed by atoms with Crippen molar-refractivity contribution in [2.24, 2.45) is 0 Å². The minimum Gasteiger partial charge on any atom is -0.506 e. The van der Waals surface area contributed by atoms with E-state index in [-0.39, 0.29) is 22.7 Å². The number of hydrogen-bond donors (Lipinski definition) is 1. The molecule has 1 N–H and O–H groups in total. The Morgan fingerprint density at radius 3 is 2.40 bits per heavy atom. The zero-order valence-corrected chi connectivity index (χ0v) is 8.83.